The van der Waals surface area contributed by atoms with Crippen LogP contribution in [0.3, 0.4) is 0 Å². The zero-order valence-corrected chi connectivity index (χ0v) is 13.4. The first kappa shape index (κ1) is 15.5. The van der Waals surface area contributed by atoms with E-state index in [0.717, 1.165) is 27.9 Å². The van der Waals surface area contributed by atoms with E-state index >= 15 is 0 Å². The highest BCUT2D eigenvalue weighted by Gasteiger charge is 2.10. The average molecular weight is 316 g/mol. The van der Waals surface area contributed by atoms with Crippen molar-refractivity contribution in [3.8, 4) is 17.5 Å². The molecule has 0 aliphatic heterocycles. The van der Waals surface area contributed by atoms with Gasteiger partial charge in [-0.15, -0.1) is 0 Å². The second kappa shape index (κ2) is 6.39. The van der Waals surface area contributed by atoms with E-state index in [4.69, 9.17) is 5.73 Å². The van der Waals surface area contributed by atoms with Gasteiger partial charge in [0.05, 0.1) is 5.69 Å². The van der Waals surface area contributed by atoms with Crippen molar-refractivity contribution < 1.29 is 4.79 Å². The van der Waals surface area contributed by atoms with Crippen LogP contribution >= 0.6 is 0 Å². The second-order valence-electron chi connectivity index (χ2n) is 5.38. The number of nitrogens with zero attached hydrogens (tertiary/aromatic N) is 3. The lowest BCUT2D eigenvalue weighted by Crippen LogP contribution is -2.12. The smallest absolute Gasteiger partial charge is 0.269 e. The Morgan fingerprint density at radius 3 is 2.46 bits per heavy atom. The molecule has 0 saturated heterocycles. The van der Waals surface area contributed by atoms with Crippen molar-refractivity contribution in [3.05, 3.63) is 76.9 Å². The number of nitrogens with two attached hydrogens (primary N) is 1. The monoisotopic (exact) mass is 316 g/mol. The van der Waals surface area contributed by atoms with Gasteiger partial charge in [0, 0.05) is 29.7 Å². The molecule has 3 aromatic rings. The van der Waals surface area contributed by atoms with Crippen LogP contribution in [0, 0.1) is 25.7 Å². The third-order valence-electron chi connectivity index (χ3n) is 3.87. The van der Waals surface area contributed by atoms with Crippen molar-refractivity contribution >= 4 is 5.91 Å². The van der Waals surface area contributed by atoms with Crippen LogP contribution in [0.15, 0.2) is 48.9 Å². The lowest BCUT2D eigenvalue weighted by Gasteiger charge is -2.10. The number of amides is 1. The van der Waals surface area contributed by atoms with E-state index in [1.165, 1.54) is 0 Å². The van der Waals surface area contributed by atoms with Crippen LogP contribution in [0.5, 0.6) is 0 Å². The van der Waals surface area contributed by atoms with Gasteiger partial charge in [-0.25, -0.2) is 4.68 Å². The Kier molecular flexibility index (Phi) is 4.13. The highest BCUT2D eigenvalue weighted by Crippen LogP contribution is 2.20. The fraction of sp³-hybridized carbons (Fsp3) is 0.105. The normalized spacial score (nSPS) is 10.1. The number of pyridine rings is 1. The van der Waals surface area contributed by atoms with Gasteiger partial charge in [0.15, 0.2) is 0 Å². The van der Waals surface area contributed by atoms with Crippen molar-refractivity contribution in [2.75, 3.05) is 0 Å². The Morgan fingerprint density at radius 2 is 1.79 bits per heavy atom. The number of carbonyl (C=O) groups is 1. The predicted molar refractivity (Wildman–Crippen MR) is 91.8 cm³/mol. The standard InChI is InChI=1S/C19H16N4O/c1-13-14(2)18(23-12-9-17(22-23)19(20)24)6-5-16(13)4-3-15-7-10-21-11-8-15/h5-12H,1-2H3,(H2,20,24). The van der Waals surface area contributed by atoms with Crippen molar-refractivity contribution in [3.63, 3.8) is 0 Å². The van der Waals surface area contributed by atoms with Crippen LogP contribution in [-0.4, -0.2) is 20.7 Å². The molecule has 0 unspecified atom stereocenters. The Hall–Kier alpha value is -3.39. The van der Waals surface area contributed by atoms with Gasteiger partial charge in [0.1, 0.15) is 5.69 Å². The summed E-state index contributed by atoms with van der Waals surface area (Å²) in [5, 5.41) is 4.20. The van der Waals surface area contributed by atoms with Crippen LogP contribution in [0.2, 0.25) is 0 Å². The minimum absolute atomic E-state index is 0.244. The molecule has 1 aromatic carbocycles. The van der Waals surface area contributed by atoms with Crippen LogP contribution in [0.1, 0.15) is 32.7 Å². The fourth-order valence-corrected chi connectivity index (χ4v) is 2.35. The van der Waals surface area contributed by atoms with E-state index in [1.54, 1.807) is 29.3 Å². The molecule has 2 aromatic heterocycles. The van der Waals surface area contributed by atoms with Gasteiger partial charge in [-0.3, -0.25) is 9.78 Å². The quantitative estimate of drug-likeness (QED) is 0.738. The van der Waals surface area contributed by atoms with Crippen LogP contribution in [0.25, 0.3) is 5.69 Å². The molecule has 0 spiro atoms. The van der Waals surface area contributed by atoms with E-state index in [0.29, 0.717) is 0 Å². The van der Waals surface area contributed by atoms with Crippen molar-refractivity contribution in [2.45, 2.75) is 13.8 Å². The topological polar surface area (TPSA) is 73.8 Å². The van der Waals surface area contributed by atoms with Gasteiger partial charge >= 0.3 is 0 Å². The molecule has 3 rings (SSSR count). The number of carbonyl (C=O) groups excluding carboxylic acids is 1. The zero-order chi connectivity index (χ0) is 17.1. The maximum atomic E-state index is 11.2. The van der Waals surface area contributed by atoms with Gasteiger partial charge in [-0.05, 0) is 55.3 Å². The maximum Gasteiger partial charge on any atom is 0.269 e. The highest BCUT2D eigenvalue weighted by molar-refractivity contribution is 5.90. The molecular weight excluding hydrogens is 300 g/mol. The summed E-state index contributed by atoms with van der Waals surface area (Å²) < 4.78 is 1.66. The van der Waals surface area contributed by atoms with Gasteiger partial charge in [0.2, 0.25) is 0 Å². The van der Waals surface area contributed by atoms with Gasteiger partial charge in [0.25, 0.3) is 5.91 Å². The summed E-state index contributed by atoms with van der Waals surface area (Å²) in [5.41, 5.74) is 10.4. The lowest BCUT2D eigenvalue weighted by molar-refractivity contribution is 0.0995. The minimum Gasteiger partial charge on any atom is -0.364 e. The summed E-state index contributed by atoms with van der Waals surface area (Å²) >= 11 is 0. The Labute approximate surface area is 140 Å². The number of rotatable bonds is 2. The molecule has 0 atom stereocenters. The summed E-state index contributed by atoms with van der Waals surface area (Å²) in [5.74, 6) is 5.79. The van der Waals surface area contributed by atoms with Crippen LogP contribution in [-0.2, 0) is 0 Å². The summed E-state index contributed by atoms with van der Waals surface area (Å²) in [6.07, 6.45) is 5.17. The van der Waals surface area contributed by atoms with Gasteiger partial charge in [-0.2, -0.15) is 5.10 Å². The molecule has 1 amide bonds. The van der Waals surface area contributed by atoms with Crippen molar-refractivity contribution in [1.29, 1.82) is 0 Å². The highest BCUT2D eigenvalue weighted by atomic mass is 16.1. The van der Waals surface area contributed by atoms with E-state index in [9.17, 15) is 4.79 Å². The second-order valence-corrected chi connectivity index (χ2v) is 5.38. The van der Waals surface area contributed by atoms with E-state index < -0.39 is 5.91 Å². The van der Waals surface area contributed by atoms with Crippen LogP contribution < -0.4 is 5.73 Å². The molecule has 2 heterocycles. The molecule has 2 N–H and O–H groups in total. The molecule has 24 heavy (non-hydrogen) atoms. The average Bonchev–Trinajstić information content (AvgIpc) is 3.07. The zero-order valence-electron chi connectivity index (χ0n) is 13.4. The number of benzene rings is 1. The largest absolute Gasteiger partial charge is 0.364 e. The first-order valence-corrected chi connectivity index (χ1v) is 7.44. The minimum atomic E-state index is -0.539. The predicted octanol–water partition coefficient (Wildman–Crippen LogP) is 2.38. The number of aromatic nitrogens is 3. The number of hydrogen-bond acceptors (Lipinski definition) is 3. The summed E-state index contributed by atoms with van der Waals surface area (Å²) in [6.45, 7) is 4.03. The van der Waals surface area contributed by atoms with Crippen molar-refractivity contribution in [2.24, 2.45) is 5.73 Å². The van der Waals surface area contributed by atoms with E-state index in [2.05, 4.69) is 21.9 Å². The number of hydrogen-bond donors (Lipinski definition) is 1. The lowest BCUT2D eigenvalue weighted by atomic mass is 10.0. The molecule has 5 nitrogen and oxygen atoms in total. The van der Waals surface area contributed by atoms with Crippen LogP contribution in [0.4, 0.5) is 0 Å². The molecule has 0 radical (unpaired) electrons. The molecule has 0 bridgehead atoms. The Balaban J connectivity index is 1.97. The molecule has 118 valence electrons. The molecule has 0 aliphatic carbocycles. The molecular formula is C19H16N4O. The van der Waals surface area contributed by atoms with Gasteiger partial charge < -0.3 is 5.73 Å². The first-order chi connectivity index (χ1) is 11.6. The maximum absolute atomic E-state index is 11.2. The van der Waals surface area contributed by atoms with E-state index in [-0.39, 0.29) is 5.69 Å². The molecule has 0 saturated carbocycles. The summed E-state index contributed by atoms with van der Waals surface area (Å²) in [6, 6.07) is 9.25. The molecule has 5 heteroatoms. The molecule has 0 aliphatic rings. The summed E-state index contributed by atoms with van der Waals surface area (Å²) in [7, 11) is 0. The summed E-state index contributed by atoms with van der Waals surface area (Å²) in [4.78, 5) is 15.2. The van der Waals surface area contributed by atoms with Crippen molar-refractivity contribution in [1.82, 2.24) is 14.8 Å². The Morgan fingerprint density at radius 1 is 1.04 bits per heavy atom. The third-order valence-corrected chi connectivity index (χ3v) is 3.87. The van der Waals surface area contributed by atoms with E-state index in [1.807, 2.05) is 38.1 Å². The van der Waals surface area contributed by atoms with Gasteiger partial charge in [-0.1, -0.05) is 11.8 Å². The molecule has 0 fully saturated rings. The SMILES string of the molecule is Cc1c(C#Cc2ccncc2)ccc(-n2ccc(C(N)=O)n2)c1C. The Bertz CT molecular complexity index is 962. The third kappa shape index (κ3) is 3.03. The fourth-order valence-electron chi connectivity index (χ4n) is 2.35. The number of primary amides is 1. The first-order valence-electron chi connectivity index (χ1n) is 7.44.